The maximum atomic E-state index is 12.9. The summed E-state index contributed by atoms with van der Waals surface area (Å²) < 4.78 is 0. The van der Waals surface area contributed by atoms with Crippen LogP contribution in [0.15, 0.2) is 54.3 Å². The van der Waals surface area contributed by atoms with Crippen molar-refractivity contribution in [3.05, 3.63) is 65.7 Å². The van der Waals surface area contributed by atoms with E-state index >= 15 is 0 Å². The first-order valence-corrected chi connectivity index (χ1v) is 9.55. The molecule has 0 saturated heterocycles. The van der Waals surface area contributed by atoms with Gasteiger partial charge in [0.1, 0.15) is 10.8 Å². The maximum Gasteiger partial charge on any atom is 0.276 e. The summed E-state index contributed by atoms with van der Waals surface area (Å²) in [6, 6.07) is 8.82. The van der Waals surface area contributed by atoms with Crippen LogP contribution in [0.1, 0.15) is 16.2 Å². The van der Waals surface area contributed by atoms with Crippen LogP contribution in [-0.4, -0.2) is 25.8 Å². The molecule has 0 aromatic carbocycles. The van der Waals surface area contributed by atoms with Gasteiger partial charge in [-0.05, 0) is 42.8 Å². The second kappa shape index (κ2) is 7.64. The molecule has 8 nitrogen and oxygen atoms in total. The minimum atomic E-state index is -0.436. The number of pyridine rings is 3. The second-order valence-corrected chi connectivity index (χ2v) is 7.16. The molecule has 0 bridgehead atoms. The lowest BCUT2D eigenvalue weighted by atomic mass is 10.1. The molecule has 4 aromatic rings. The number of nitrogens with one attached hydrogen (secondary N) is 1. The summed E-state index contributed by atoms with van der Waals surface area (Å²) in [4.78, 5) is 29.9. The second-order valence-electron chi connectivity index (χ2n) is 6.27. The highest BCUT2D eigenvalue weighted by Gasteiger charge is 2.17. The number of amides is 1. The largest absolute Gasteiger partial charge is 0.397 e. The van der Waals surface area contributed by atoms with E-state index in [0.717, 1.165) is 16.8 Å². The number of rotatable bonds is 4. The van der Waals surface area contributed by atoms with Gasteiger partial charge in [-0.1, -0.05) is 0 Å². The molecule has 0 unspecified atom stereocenters. The molecule has 0 saturated carbocycles. The number of nitrogens with two attached hydrogens (primary N) is 2. The molecule has 9 heteroatoms. The van der Waals surface area contributed by atoms with Crippen molar-refractivity contribution in [2.75, 3.05) is 16.8 Å². The molecule has 0 aliphatic rings. The van der Waals surface area contributed by atoms with Crippen molar-refractivity contribution in [3.63, 3.8) is 0 Å². The van der Waals surface area contributed by atoms with E-state index in [1.807, 2.05) is 18.4 Å². The number of thiazole rings is 1. The normalized spacial score (nSPS) is 10.7. The lowest BCUT2D eigenvalue weighted by Gasteiger charge is -2.12. The van der Waals surface area contributed by atoms with Gasteiger partial charge in [-0.3, -0.25) is 9.78 Å². The summed E-state index contributed by atoms with van der Waals surface area (Å²) in [5.74, 6) is -0.0370. The molecule has 0 spiro atoms. The number of carbonyl (C=O) groups is 1. The number of carbonyl (C=O) groups excluding carboxylic acids is 1. The lowest BCUT2D eigenvalue weighted by Crippen LogP contribution is -2.17. The first kappa shape index (κ1) is 18.5. The Morgan fingerprint density at radius 1 is 1.10 bits per heavy atom. The quantitative estimate of drug-likeness (QED) is 0.476. The molecular formula is C20H17N7OS. The van der Waals surface area contributed by atoms with Gasteiger partial charge in [0.05, 0.1) is 23.3 Å². The summed E-state index contributed by atoms with van der Waals surface area (Å²) in [5.41, 5.74) is 15.7. The summed E-state index contributed by atoms with van der Waals surface area (Å²) in [5, 5.41) is 5.41. The van der Waals surface area contributed by atoms with Crippen LogP contribution in [-0.2, 0) is 0 Å². The Balaban J connectivity index is 1.69. The van der Waals surface area contributed by atoms with Crippen molar-refractivity contribution in [2.24, 2.45) is 0 Å². The molecule has 0 aliphatic carbocycles. The third-order valence-corrected chi connectivity index (χ3v) is 4.94. The summed E-state index contributed by atoms with van der Waals surface area (Å²) >= 11 is 1.43. The van der Waals surface area contributed by atoms with Crippen molar-refractivity contribution in [1.29, 1.82) is 0 Å². The molecule has 0 aliphatic heterocycles. The van der Waals surface area contributed by atoms with Gasteiger partial charge in [0.15, 0.2) is 5.69 Å². The SMILES string of the molecule is Cc1cc(-c2ccncc2NC(=O)c2nc(-c3nccs3)ccc2N)cc(N)n1. The molecule has 144 valence electrons. The Hall–Kier alpha value is -3.85. The average Bonchev–Trinajstić information content (AvgIpc) is 3.23. The zero-order chi connectivity index (χ0) is 20.4. The third kappa shape index (κ3) is 3.90. The van der Waals surface area contributed by atoms with E-state index in [1.165, 1.54) is 11.3 Å². The standard InChI is InChI=1S/C20H17N7OS/c1-11-8-12(9-17(22)25-11)13-4-5-23-10-16(13)27-19(28)18-14(21)2-3-15(26-18)20-24-6-7-29-20/h2-10H,21H2,1H3,(H2,22,25)(H,27,28). The van der Waals surface area contributed by atoms with Gasteiger partial charge in [-0.2, -0.15) is 0 Å². The van der Waals surface area contributed by atoms with Crippen LogP contribution in [0.3, 0.4) is 0 Å². The van der Waals surface area contributed by atoms with Crippen LogP contribution in [0.2, 0.25) is 0 Å². The Bertz CT molecular complexity index is 1170. The Morgan fingerprint density at radius 3 is 2.72 bits per heavy atom. The molecular weight excluding hydrogens is 386 g/mol. The van der Waals surface area contributed by atoms with E-state index in [-0.39, 0.29) is 11.4 Å². The number of aromatic nitrogens is 4. The van der Waals surface area contributed by atoms with Crippen molar-refractivity contribution >= 4 is 34.4 Å². The van der Waals surface area contributed by atoms with Gasteiger partial charge >= 0.3 is 0 Å². The van der Waals surface area contributed by atoms with Gasteiger partial charge in [-0.15, -0.1) is 11.3 Å². The highest BCUT2D eigenvalue weighted by Crippen LogP contribution is 2.29. The topological polar surface area (TPSA) is 133 Å². The van der Waals surface area contributed by atoms with Crippen LogP contribution >= 0.6 is 11.3 Å². The van der Waals surface area contributed by atoms with Crippen LogP contribution < -0.4 is 16.8 Å². The minimum Gasteiger partial charge on any atom is -0.397 e. The van der Waals surface area contributed by atoms with Gasteiger partial charge in [-0.25, -0.2) is 15.0 Å². The molecule has 29 heavy (non-hydrogen) atoms. The molecule has 0 atom stereocenters. The third-order valence-electron chi connectivity index (χ3n) is 4.15. The number of nitrogens with zero attached hydrogens (tertiary/aromatic N) is 4. The molecule has 4 rings (SSSR count). The first-order valence-electron chi connectivity index (χ1n) is 8.67. The summed E-state index contributed by atoms with van der Waals surface area (Å²) in [7, 11) is 0. The molecule has 0 fully saturated rings. The fourth-order valence-electron chi connectivity index (χ4n) is 2.90. The van der Waals surface area contributed by atoms with Crippen molar-refractivity contribution in [1.82, 2.24) is 19.9 Å². The molecule has 0 radical (unpaired) electrons. The zero-order valence-electron chi connectivity index (χ0n) is 15.5. The Morgan fingerprint density at radius 2 is 1.97 bits per heavy atom. The van der Waals surface area contributed by atoms with Crippen LogP contribution in [0.4, 0.5) is 17.2 Å². The van der Waals surface area contributed by atoms with Crippen molar-refractivity contribution < 1.29 is 4.79 Å². The van der Waals surface area contributed by atoms with E-state index in [1.54, 1.807) is 42.9 Å². The zero-order valence-corrected chi connectivity index (χ0v) is 16.3. The first-order chi connectivity index (χ1) is 14.0. The average molecular weight is 403 g/mol. The van der Waals surface area contributed by atoms with E-state index in [2.05, 4.69) is 25.3 Å². The van der Waals surface area contributed by atoms with Crippen molar-refractivity contribution in [3.8, 4) is 21.8 Å². The predicted molar refractivity (Wildman–Crippen MR) is 114 cm³/mol. The molecule has 4 aromatic heterocycles. The lowest BCUT2D eigenvalue weighted by molar-refractivity contribution is 0.102. The van der Waals surface area contributed by atoms with E-state index in [0.29, 0.717) is 22.2 Å². The van der Waals surface area contributed by atoms with E-state index < -0.39 is 5.91 Å². The number of hydrogen-bond acceptors (Lipinski definition) is 8. The fourth-order valence-corrected chi connectivity index (χ4v) is 3.50. The van der Waals surface area contributed by atoms with Crippen LogP contribution in [0.25, 0.3) is 21.8 Å². The predicted octanol–water partition coefficient (Wildman–Crippen LogP) is 3.39. The highest BCUT2D eigenvalue weighted by molar-refractivity contribution is 7.13. The number of aryl methyl sites for hydroxylation is 1. The monoisotopic (exact) mass is 403 g/mol. The maximum absolute atomic E-state index is 12.9. The number of nitrogen functional groups attached to an aromatic ring is 2. The van der Waals surface area contributed by atoms with Gasteiger partial charge in [0, 0.05) is 29.0 Å². The molecule has 1 amide bonds. The summed E-state index contributed by atoms with van der Waals surface area (Å²) in [6.07, 6.45) is 4.90. The Labute approximate surface area is 170 Å². The number of hydrogen-bond donors (Lipinski definition) is 3. The van der Waals surface area contributed by atoms with Crippen molar-refractivity contribution in [2.45, 2.75) is 6.92 Å². The van der Waals surface area contributed by atoms with Gasteiger partial charge in [0.25, 0.3) is 5.91 Å². The highest BCUT2D eigenvalue weighted by atomic mass is 32.1. The Kier molecular flexibility index (Phi) is 4.88. The minimum absolute atomic E-state index is 0.123. The molecule has 5 N–H and O–H groups in total. The van der Waals surface area contributed by atoms with E-state index in [4.69, 9.17) is 11.5 Å². The smallest absolute Gasteiger partial charge is 0.276 e. The van der Waals surface area contributed by atoms with E-state index in [9.17, 15) is 4.79 Å². The van der Waals surface area contributed by atoms with Crippen LogP contribution in [0, 0.1) is 6.92 Å². The van der Waals surface area contributed by atoms with Crippen LogP contribution in [0.5, 0.6) is 0 Å². The summed E-state index contributed by atoms with van der Waals surface area (Å²) in [6.45, 7) is 1.86. The molecule has 4 heterocycles. The van der Waals surface area contributed by atoms with Gasteiger partial charge < -0.3 is 16.8 Å². The number of anilines is 3. The fraction of sp³-hybridized carbons (Fsp3) is 0.0500. The van der Waals surface area contributed by atoms with Gasteiger partial charge in [0.2, 0.25) is 0 Å².